The van der Waals surface area contributed by atoms with Gasteiger partial charge in [-0.1, -0.05) is 0 Å². The lowest BCUT2D eigenvalue weighted by molar-refractivity contribution is 0.166. The Hall–Kier alpha value is -1.91. The highest BCUT2D eigenvalue weighted by Crippen LogP contribution is 2.37. The molecule has 5 heteroatoms. The summed E-state index contributed by atoms with van der Waals surface area (Å²) in [6, 6.07) is 3.98. The van der Waals surface area contributed by atoms with Crippen LogP contribution in [0.4, 0.5) is 4.79 Å². The SMILES string of the molecule is COc1cc2c(cc1OC)C(C)N(C(=O)NC(C)(C)C)CC2. The van der Waals surface area contributed by atoms with Crippen molar-refractivity contribution >= 4 is 6.03 Å². The van der Waals surface area contributed by atoms with Gasteiger partial charge in [0, 0.05) is 12.1 Å². The van der Waals surface area contributed by atoms with Crippen LogP contribution in [-0.4, -0.2) is 37.2 Å². The average Bonchev–Trinajstić information content (AvgIpc) is 2.44. The Balaban J connectivity index is 2.29. The quantitative estimate of drug-likeness (QED) is 0.913. The Kier molecular flexibility index (Phi) is 4.54. The van der Waals surface area contributed by atoms with Gasteiger partial charge < -0.3 is 19.7 Å². The van der Waals surface area contributed by atoms with Crippen LogP contribution >= 0.6 is 0 Å². The first-order valence-electron chi connectivity index (χ1n) is 7.60. The van der Waals surface area contributed by atoms with Gasteiger partial charge in [-0.05, 0) is 57.4 Å². The van der Waals surface area contributed by atoms with Crippen molar-refractivity contribution in [3.63, 3.8) is 0 Å². The minimum absolute atomic E-state index is 0.00547. The van der Waals surface area contributed by atoms with Crippen LogP contribution in [0.15, 0.2) is 12.1 Å². The third kappa shape index (κ3) is 3.29. The molecule has 1 aliphatic heterocycles. The maximum Gasteiger partial charge on any atom is 0.318 e. The fourth-order valence-electron chi connectivity index (χ4n) is 2.81. The highest BCUT2D eigenvalue weighted by molar-refractivity contribution is 5.76. The van der Waals surface area contributed by atoms with E-state index in [1.165, 1.54) is 5.56 Å². The number of carbonyl (C=O) groups is 1. The van der Waals surface area contributed by atoms with Crippen molar-refractivity contribution in [1.82, 2.24) is 10.2 Å². The lowest BCUT2D eigenvalue weighted by Crippen LogP contribution is -2.50. The molecule has 0 fully saturated rings. The van der Waals surface area contributed by atoms with Crippen molar-refractivity contribution in [3.8, 4) is 11.5 Å². The number of ether oxygens (including phenoxy) is 2. The van der Waals surface area contributed by atoms with E-state index in [0.29, 0.717) is 12.3 Å². The second kappa shape index (κ2) is 6.07. The molecule has 0 aromatic heterocycles. The molecular formula is C17H26N2O3. The van der Waals surface area contributed by atoms with Crippen LogP contribution in [0.5, 0.6) is 11.5 Å². The molecule has 0 saturated heterocycles. The molecule has 1 aliphatic rings. The van der Waals surface area contributed by atoms with E-state index in [1.807, 2.05) is 44.7 Å². The van der Waals surface area contributed by atoms with Gasteiger partial charge in [-0.2, -0.15) is 0 Å². The molecule has 1 aromatic carbocycles. The summed E-state index contributed by atoms with van der Waals surface area (Å²) in [4.78, 5) is 14.3. The lowest BCUT2D eigenvalue weighted by atomic mass is 9.93. The van der Waals surface area contributed by atoms with Crippen molar-refractivity contribution in [1.29, 1.82) is 0 Å². The first-order chi connectivity index (χ1) is 10.3. The second-order valence-electron chi connectivity index (χ2n) is 6.71. The van der Waals surface area contributed by atoms with Crippen molar-refractivity contribution in [2.24, 2.45) is 0 Å². The average molecular weight is 306 g/mol. The summed E-state index contributed by atoms with van der Waals surface area (Å²) in [7, 11) is 3.27. The van der Waals surface area contributed by atoms with E-state index in [-0.39, 0.29) is 17.6 Å². The zero-order valence-corrected chi connectivity index (χ0v) is 14.3. The molecule has 1 unspecified atom stereocenters. The normalized spacial score (nSPS) is 17.7. The monoisotopic (exact) mass is 306 g/mol. The molecule has 1 atom stereocenters. The van der Waals surface area contributed by atoms with Gasteiger partial charge in [0.05, 0.1) is 20.3 Å². The van der Waals surface area contributed by atoms with E-state index in [2.05, 4.69) is 5.32 Å². The number of nitrogens with one attached hydrogen (secondary N) is 1. The first-order valence-corrected chi connectivity index (χ1v) is 7.60. The minimum Gasteiger partial charge on any atom is -0.493 e. The Labute approximate surface area is 132 Å². The first kappa shape index (κ1) is 16.5. The van der Waals surface area contributed by atoms with Crippen LogP contribution in [0.1, 0.15) is 44.9 Å². The Morgan fingerprint density at radius 1 is 1.23 bits per heavy atom. The van der Waals surface area contributed by atoms with E-state index >= 15 is 0 Å². The predicted molar refractivity (Wildman–Crippen MR) is 86.7 cm³/mol. The van der Waals surface area contributed by atoms with Gasteiger partial charge in [-0.3, -0.25) is 0 Å². The molecule has 0 bridgehead atoms. The Morgan fingerprint density at radius 3 is 2.36 bits per heavy atom. The molecule has 5 nitrogen and oxygen atoms in total. The standard InChI is InChI=1S/C17H26N2O3/c1-11-13-10-15(22-6)14(21-5)9-12(13)7-8-19(11)16(20)18-17(2,3)4/h9-11H,7-8H2,1-6H3,(H,18,20). The van der Waals surface area contributed by atoms with Crippen molar-refractivity contribution in [2.75, 3.05) is 20.8 Å². The van der Waals surface area contributed by atoms with E-state index in [4.69, 9.17) is 9.47 Å². The third-order valence-corrected chi connectivity index (χ3v) is 3.93. The molecule has 1 N–H and O–H groups in total. The summed E-state index contributed by atoms with van der Waals surface area (Å²) in [6.45, 7) is 8.71. The third-order valence-electron chi connectivity index (χ3n) is 3.93. The molecule has 2 rings (SSSR count). The number of rotatable bonds is 2. The van der Waals surface area contributed by atoms with E-state index in [9.17, 15) is 4.79 Å². The van der Waals surface area contributed by atoms with Crippen LogP contribution < -0.4 is 14.8 Å². The smallest absolute Gasteiger partial charge is 0.318 e. The number of benzene rings is 1. The zero-order valence-electron chi connectivity index (χ0n) is 14.3. The van der Waals surface area contributed by atoms with Gasteiger partial charge in [-0.15, -0.1) is 0 Å². The highest BCUT2D eigenvalue weighted by Gasteiger charge is 2.30. The number of fused-ring (bicyclic) bond motifs is 1. The van der Waals surface area contributed by atoms with Crippen molar-refractivity contribution in [3.05, 3.63) is 23.3 Å². The number of nitrogens with zero attached hydrogens (tertiary/aromatic N) is 1. The molecule has 0 aliphatic carbocycles. The van der Waals surface area contributed by atoms with Crippen molar-refractivity contribution in [2.45, 2.75) is 45.7 Å². The molecule has 1 aromatic rings. The summed E-state index contributed by atoms with van der Waals surface area (Å²) >= 11 is 0. The van der Waals surface area contributed by atoms with Crippen LogP contribution in [0.25, 0.3) is 0 Å². The fourth-order valence-corrected chi connectivity index (χ4v) is 2.81. The van der Waals surface area contributed by atoms with Gasteiger partial charge >= 0.3 is 6.03 Å². The molecule has 22 heavy (non-hydrogen) atoms. The van der Waals surface area contributed by atoms with Crippen LogP contribution in [0.3, 0.4) is 0 Å². The molecular weight excluding hydrogens is 280 g/mol. The van der Waals surface area contributed by atoms with E-state index < -0.39 is 0 Å². The van der Waals surface area contributed by atoms with Crippen LogP contribution in [-0.2, 0) is 6.42 Å². The molecule has 1 heterocycles. The molecule has 0 saturated carbocycles. The Morgan fingerprint density at radius 2 is 1.82 bits per heavy atom. The summed E-state index contributed by atoms with van der Waals surface area (Å²) in [5.74, 6) is 1.44. The number of carbonyl (C=O) groups excluding carboxylic acids is 1. The van der Waals surface area contributed by atoms with Crippen molar-refractivity contribution < 1.29 is 14.3 Å². The van der Waals surface area contributed by atoms with E-state index in [1.54, 1.807) is 14.2 Å². The highest BCUT2D eigenvalue weighted by atomic mass is 16.5. The number of methoxy groups -OCH3 is 2. The van der Waals surface area contributed by atoms with Gasteiger partial charge in [-0.25, -0.2) is 4.79 Å². The summed E-state index contributed by atoms with van der Waals surface area (Å²) in [5, 5.41) is 3.03. The van der Waals surface area contributed by atoms with Crippen LogP contribution in [0.2, 0.25) is 0 Å². The summed E-state index contributed by atoms with van der Waals surface area (Å²) in [5.41, 5.74) is 2.09. The number of amides is 2. The van der Waals surface area contributed by atoms with Gasteiger partial charge in [0.15, 0.2) is 11.5 Å². The van der Waals surface area contributed by atoms with Crippen LogP contribution in [0, 0.1) is 0 Å². The largest absolute Gasteiger partial charge is 0.493 e. The van der Waals surface area contributed by atoms with Gasteiger partial charge in [0.1, 0.15) is 0 Å². The van der Waals surface area contributed by atoms with Gasteiger partial charge in [0.2, 0.25) is 0 Å². The lowest BCUT2D eigenvalue weighted by Gasteiger charge is -2.37. The predicted octanol–water partition coefficient (Wildman–Crippen LogP) is 3.13. The molecule has 0 radical (unpaired) electrons. The second-order valence-corrected chi connectivity index (χ2v) is 6.71. The summed E-state index contributed by atoms with van der Waals surface area (Å²) < 4.78 is 10.7. The Bertz CT molecular complexity index is 564. The zero-order chi connectivity index (χ0) is 16.5. The topological polar surface area (TPSA) is 50.8 Å². The fraction of sp³-hybridized carbons (Fsp3) is 0.588. The molecule has 122 valence electrons. The molecule has 2 amide bonds. The molecule has 0 spiro atoms. The summed E-state index contributed by atoms with van der Waals surface area (Å²) in [6.07, 6.45) is 0.817. The van der Waals surface area contributed by atoms with E-state index in [0.717, 1.165) is 17.7 Å². The maximum atomic E-state index is 12.5. The minimum atomic E-state index is -0.241. The number of hydrogen-bond donors (Lipinski definition) is 1. The number of urea groups is 1. The maximum absolute atomic E-state index is 12.5. The number of hydrogen-bond acceptors (Lipinski definition) is 3. The van der Waals surface area contributed by atoms with Gasteiger partial charge in [0.25, 0.3) is 0 Å².